The molecule has 0 aliphatic carbocycles. The van der Waals surface area contributed by atoms with Gasteiger partial charge in [0.05, 0.1) is 0 Å². The molecule has 1 aromatic carbocycles. The van der Waals surface area contributed by atoms with Gasteiger partial charge in [-0.3, -0.25) is 0 Å². The third-order valence-corrected chi connectivity index (χ3v) is 1.98. The van der Waals surface area contributed by atoms with Crippen molar-refractivity contribution in [2.45, 2.75) is 17.9 Å². The van der Waals surface area contributed by atoms with E-state index in [1.807, 2.05) is 0 Å². The van der Waals surface area contributed by atoms with Crippen LogP contribution in [0.5, 0.6) is 0 Å². The molecule has 0 amide bonds. The molecular weight excluding hydrogens is 115 g/mol. The zero-order valence-electron chi connectivity index (χ0n) is 6.67. The Morgan fingerprint density at radius 3 is 2.40 bits per heavy atom. The second-order valence-electron chi connectivity index (χ2n) is 2.72. The Morgan fingerprint density at radius 2 is 1.90 bits per heavy atom. The van der Waals surface area contributed by atoms with Crippen molar-refractivity contribution in [1.29, 1.82) is 0 Å². The molecule has 0 heterocycles. The summed E-state index contributed by atoms with van der Waals surface area (Å²) in [6.45, 7) is 2.22. The maximum absolute atomic E-state index is 2.26. The molecule has 1 heteroatoms. The van der Waals surface area contributed by atoms with Crippen LogP contribution >= 0.6 is 0 Å². The van der Waals surface area contributed by atoms with Crippen LogP contribution in [-0.2, 0) is 0 Å². The first-order valence-corrected chi connectivity index (χ1v) is 3.89. The molecule has 0 N–H and O–H groups in total. The minimum atomic E-state index is 0.709. The SMILES string of the molecule is [Li][CH](CC)c1ccccc1. The van der Waals surface area contributed by atoms with E-state index in [-0.39, 0.29) is 0 Å². The third-order valence-electron chi connectivity index (χ3n) is 1.98. The second-order valence-corrected chi connectivity index (χ2v) is 2.72. The van der Waals surface area contributed by atoms with Gasteiger partial charge in [-0.2, -0.15) is 0 Å². The molecule has 0 saturated carbocycles. The first-order chi connectivity index (χ1) is 4.84. The van der Waals surface area contributed by atoms with Gasteiger partial charge in [-0.25, -0.2) is 0 Å². The quantitative estimate of drug-likeness (QED) is 0.533. The number of hydrogen-bond acceptors (Lipinski definition) is 0. The Balaban J connectivity index is 2.75. The number of rotatable bonds is 2. The van der Waals surface area contributed by atoms with Crippen LogP contribution in [0, 0.1) is 0 Å². The summed E-state index contributed by atoms with van der Waals surface area (Å²) in [6.07, 6.45) is 1.23. The molecule has 0 aliphatic rings. The predicted octanol–water partition coefficient (Wildman–Crippen LogP) is 2.31. The molecule has 0 fully saturated rings. The summed E-state index contributed by atoms with van der Waals surface area (Å²) in [4.78, 5) is 0. The molecule has 1 atom stereocenters. The van der Waals surface area contributed by atoms with Crippen LogP contribution in [0.4, 0.5) is 0 Å². The van der Waals surface area contributed by atoms with Crippen molar-refractivity contribution in [3.8, 4) is 0 Å². The van der Waals surface area contributed by atoms with Gasteiger partial charge >= 0.3 is 71.5 Å². The summed E-state index contributed by atoms with van der Waals surface area (Å²) in [6, 6.07) is 10.6. The van der Waals surface area contributed by atoms with Gasteiger partial charge in [0.2, 0.25) is 0 Å². The van der Waals surface area contributed by atoms with E-state index in [0.717, 1.165) is 0 Å². The first-order valence-electron chi connectivity index (χ1n) is 3.89. The average Bonchev–Trinajstić information content (AvgIpc) is 2.05. The fourth-order valence-electron chi connectivity index (χ4n) is 1.02. The molecule has 0 nitrogen and oxygen atoms in total. The molecule has 0 saturated heterocycles. The monoisotopic (exact) mass is 126 g/mol. The standard InChI is InChI=1S/C9H11.Li/c1-2-6-9-7-4-3-5-8-9;/h3-8H,2H2,1H3;. The fourth-order valence-corrected chi connectivity index (χ4v) is 1.02. The predicted molar refractivity (Wildman–Crippen MR) is 45.2 cm³/mol. The second kappa shape index (κ2) is 3.86. The van der Waals surface area contributed by atoms with E-state index in [4.69, 9.17) is 0 Å². The van der Waals surface area contributed by atoms with Gasteiger partial charge in [0.15, 0.2) is 0 Å². The molecule has 1 aromatic rings. The molecule has 0 spiro atoms. The normalized spacial score (nSPS) is 13.1. The van der Waals surface area contributed by atoms with Crippen LogP contribution in [-0.4, -0.2) is 17.7 Å². The molecule has 0 aromatic heterocycles. The van der Waals surface area contributed by atoms with Gasteiger partial charge < -0.3 is 0 Å². The van der Waals surface area contributed by atoms with Gasteiger partial charge in [0.1, 0.15) is 0 Å². The van der Waals surface area contributed by atoms with Gasteiger partial charge in [-0.05, 0) is 0 Å². The molecule has 0 bridgehead atoms. The number of benzene rings is 1. The Bertz CT molecular complexity index is 181. The van der Waals surface area contributed by atoms with Crippen molar-refractivity contribution in [3.05, 3.63) is 35.9 Å². The van der Waals surface area contributed by atoms with E-state index < -0.39 is 0 Å². The van der Waals surface area contributed by atoms with E-state index >= 15 is 0 Å². The third kappa shape index (κ3) is 1.90. The summed E-state index contributed by atoms with van der Waals surface area (Å²) in [7, 11) is 0. The average molecular weight is 126 g/mol. The Hall–Kier alpha value is -0.183. The summed E-state index contributed by atoms with van der Waals surface area (Å²) < 4.78 is 0.709. The van der Waals surface area contributed by atoms with E-state index in [1.54, 1.807) is 0 Å². The van der Waals surface area contributed by atoms with Crippen molar-refractivity contribution < 1.29 is 0 Å². The molecular formula is C9H11Li. The summed E-state index contributed by atoms with van der Waals surface area (Å²) >= 11 is 2.26. The number of hydrogen-bond donors (Lipinski definition) is 0. The van der Waals surface area contributed by atoms with E-state index in [9.17, 15) is 0 Å². The van der Waals surface area contributed by atoms with Crippen molar-refractivity contribution in [3.63, 3.8) is 0 Å². The van der Waals surface area contributed by atoms with Crippen LogP contribution in [0.2, 0.25) is 0 Å². The Morgan fingerprint density at radius 1 is 1.30 bits per heavy atom. The zero-order chi connectivity index (χ0) is 7.40. The van der Waals surface area contributed by atoms with Crippen LogP contribution in [0.15, 0.2) is 30.3 Å². The summed E-state index contributed by atoms with van der Waals surface area (Å²) in [5.74, 6) is 0. The van der Waals surface area contributed by atoms with E-state index in [2.05, 4.69) is 55.0 Å². The van der Waals surface area contributed by atoms with Crippen molar-refractivity contribution in [2.75, 3.05) is 0 Å². The molecule has 0 radical (unpaired) electrons. The van der Waals surface area contributed by atoms with Gasteiger partial charge in [-0.1, -0.05) is 0 Å². The minimum absolute atomic E-state index is 0.709. The van der Waals surface area contributed by atoms with Gasteiger partial charge in [0.25, 0.3) is 0 Å². The summed E-state index contributed by atoms with van der Waals surface area (Å²) in [5, 5.41) is 0. The fraction of sp³-hybridized carbons (Fsp3) is 0.333. The molecule has 0 aliphatic heterocycles. The van der Waals surface area contributed by atoms with Crippen molar-refractivity contribution in [2.24, 2.45) is 0 Å². The van der Waals surface area contributed by atoms with Gasteiger partial charge in [0, 0.05) is 0 Å². The Labute approximate surface area is 71.8 Å². The first kappa shape index (κ1) is 7.92. The molecule has 10 heavy (non-hydrogen) atoms. The van der Waals surface area contributed by atoms with Gasteiger partial charge in [-0.15, -0.1) is 0 Å². The zero-order valence-corrected chi connectivity index (χ0v) is 6.67. The summed E-state index contributed by atoms with van der Waals surface area (Å²) in [5.41, 5.74) is 1.45. The topological polar surface area (TPSA) is 0 Å². The van der Waals surface area contributed by atoms with Crippen LogP contribution < -0.4 is 0 Å². The maximum atomic E-state index is 2.26. The molecule has 48 valence electrons. The molecule has 1 unspecified atom stereocenters. The van der Waals surface area contributed by atoms with Crippen LogP contribution in [0.3, 0.4) is 0 Å². The Kier molecular flexibility index (Phi) is 3.06. The van der Waals surface area contributed by atoms with Crippen LogP contribution in [0.1, 0.15) is 23.5 Å². The van der Waals surface area contributed by atoms with Crippen LogP contribution in [0.25, 0.3) is 0 Å². The van der Waals surface area contributed by atoms with E-state index in [1.165, 1.54) is 12.0 Å². The van der Waals surface area contributed by atoms with E-state index in [0.29, 0.717) is 4.59 Å². The van der Waals surface area contributed by atoms with Crippen molar-refractivity contribution >= 4 is 17.7 Å². The van der Waals surface area contributed by atoms with Crippen molar-refractivity contribution in [1.82, 2.24) is 0 Å². The molecule has 1 rings (SSSR count).